The largest absolute Gasteiger partial charge is 0.368 e. The number of hydrogen-bond acceptors (Lipinski definition) is 20. The Kier molecular flexibility index (Phi) is 41.2. The van der Waals surface area contributed by atoms with Gasteiger partial charge in [-0.25, -0.2) is 0 Å². The number of nitrogens with two attached hydrogens (primary N) is 4. The molecule has 13 amide bonds. The number of carbonyl (C=O) groups is 13. The molecular formula is C86H135N17O16. The molecule has 0 aliphatic carbocycles. The number of fused-ring (bicyclic) bond motifs is 3. The summed E-state index contributed by atoms with van der Waals surface area (Å²) in [6.45, 7) is 21.2. The van der Waals surface area contributed by atoms with Crippen molar-refractivity contribution >= 4 is 76.8 Å². The molecule has 33 heteroatoms. The van der Waals surface area contributed by atoms with E-state index >= 15 is 14.4 Å². The Balaban J connectivity index is 1.44. The van der Waals surface area contributed by atoms with Crippen molar-refractivity contribution in [2.75, 3.05) is 39.3 Å². The maximum Gasteiger partial charge on any atom is 0.252 e. The summed E-state index contributed by atoms with van der Waals surface area (Å²) >= 11 is 0. The van der Waals surface area contributed by atoms with Crippen LogP contribution in [0.5, 0.6) is 0 Å². The van der Waals surface area contributed by atoms with Gasteiger partial charge >= 0.3 is 0 Å². The molecule has 3 saturated heterocycles. The zero-order chi connectivity index (χ0) is 87.6. The van der Waals surface area contributed by atoms with Crippen LogP contribution in [0.4, 0.5) is 0 Å². The summed E-state index contributed by atoms with van der Waals surface area (Å²) in [5, 5.41) is 34.0. The highest BCUT2D eigenvalue weighted by Crippen LogP contribution is 2.31. The number of rotatable bonds is 28. The first kappa shape index (κ1) is 98.3. The lowest BCUT2D eigenvalue weighted by Crippen LogP contribution is -2.61. The van der Waals surface area contributed by atoms with E-state index in [0.717, 1.165) is 11.1 Å². The molecule has 3 heterocycles. The fourth-order valence-corrected chi connectivity index (χ4v) is 14.7. The number of ether oxygens (including phenoxy) is 3. The molecule has 3 aliphatic rings. The molecular weight excluding hydrogens is 1530 g/mol. The van der Waals surface area contributed by atoms with E-state index in [1.807, 2.05) is 102 Å². The third-order valence-corrected chi connectivity index (χ3v) is 21.2. The second kappa shape index (κ2) is 49.9. The Morgan fingerprint density at radius 2 is 0.706 bits per heavy atom. The zero-order valence-electron chi connectivity index (χ0n) is 71.5. The van der Waals surface area contributed by atoms with Gasteiger partial charge in [-0.15, -0.1) is 0 Å². The van der Waals surface area contributed by atoms with E-state index in [0.29, 0.717) is 12.0 Å². The summed E-state index contributed by atoms with van der Waals surface area (Å²) < 4.78 is 20.0. The Bertz CT molecular complexity index is 3770. The van der Waals surface area contributed by atoms with Gasteiger partial charge < -0.3 is 106 Å². The molecule has 6 rings (SSSR count). The summed E-state index contributed by atoms with van der Waals surface area (Å²) in [5.41, 5.74) is 25.9. The van der Waals surface area contributed by atoms with Gasteiger partial charge in [0.15, 0.2) is 6.10 Å². The minimum atomic E-state index is -1.53. The molecule has 119 heavy (non-hydrogen) atoms. The average Bonchev–Trinajstić information content (AvgIpc) is 1.67. The minimum absolute atomic E-state index is 0.000752. The van der Waals surface area contributed by atoms with Crippen molar-refractivity contribution < 1.29 is 76.5 Å². The van der Waals surface area contributed by atoms with E-state index in [2.05, 4.69) is 63.8 Å². The van der Waals surface area contributed by atoms with Crippen LogP contribution >= 0.6 is 0 Å². The Morgan fingerprint density at radius 3 is 1.09 bits per heavy atom. The molecule has 660 valence electrons. The monoisotopic (exact) mass is 1660 g/mol. The fourth-order valence-electron chi connectivity index (χ4n) is 14.7. The van der Waals surface area contributed by atoms with Gasteiger partial charge in [-0.3, -0.25) is 62.3 Å². The second-order valence-corrected chi connectivity index (χ2v) is 33.6. The molecule has 3 fully saturated rings. The number of nitrogens with zero attached hydrogens (tertiary/aromatic N) is 1. The summed E-state index contributed by atoms with van der Waals surface area (Å²) in [7, 11) is 0. The van der Waals surface area contributed by atoms with E-state index in [9.17, 15) is 47.9 Å². The van der Waals surface area contributed by atoms with E-state index in [4.69, 9.17) is 37.1 Å². The molecule has 0 spiro atoms. The first-order valence-corrected chi connectivity index (χ1v) is 42.4. The maximum absolute atomic E-state index is 15.3. The second-order valence-electron chi connectivity index (χ2n) is 33.6. The van der Waals surface area contributed by atoms with Gasteiger partial charge in [0.25, 0.3) is 5.91 Å². The van der Waals surface area contributed by atoms with E-state index < -0.39 is 191 Å². The molecule has 0 unspecified atom stereocenters. The van der Waals surface area contributed by atoms with Crippen LogP contribution in [0, 0.1) is 35.5 Å². The highest BCUT2D eigenvalue weighted by atomic mass is 16.6. The van der Waals surface area contributed by atoms with Crippen molar-refractivity contribution in [3.8, 4) is 0 Å². The Hall–Kier alpha value is -9.51. The van der Waals surface area contributed by atoms with Gasteiger partial charge in [-0.1, -0.05) is 174 Å². The van der Waals surface area contributed by atoms with E-state index in [1.54, 1.807) is 71.9 Å². The number of amides is 13. The van der Waals surface area contributed by atoms with Gasteiger partial charge in [0, 0.05) is 13.1 Å². The summed E-state index contributed by atoms with van der Waals surface area (Å²) in [6.07, 6.45) is -3.50. The molecule has 3 aromatic carbocycles. The van der Waals surface area contributed by atoms with E-state index in [1.165, 1.54) is 4.90 Å². The van der Waals surface area contributed by atoms with Crippen molar-refractivity contribution in [3.05, 3.63) is 108 Å². The highest BCUT2D eigenvalue weighted by Gasteiger charge is 2.51. The van der Waals surface area contributed by atoms with Crippen molar-refractivity contribution in [1.29, 1.82) is 0 Å². The lowest BCUT2D eigenvalue weighted by atomic mass is 9.99. The molecule has 20 N–H and O–H groups in total. The average molecular weight is 1660 g/mol. The lowest BCUT2D eigenvalue weighted by molar-refractivity contribution is -0.143. The summed E-state index contributed by atoms with van der Waals surface area (Å²) in [4.78, 5) is 195. The summed E-state index contributed by atoms with van der Waals surface area (Å²) in [5.74, 6) is -12.4. The fraction of sp³-hybridized carbons (Fsp3) is 0.640. The topological polar surface area (TPSA) is 501 Å². The Morgan fingerprint density at radius 1 is 0.378 bits per heavy atom. The van der Waals surface area contributed by atoms with Crippen molar-refractivity contribution in [2.45, 2.75) is 277 Å². The van der Waals surface area contributed by atoms with Crippen LogP contribution in [-0.2, 0) is 89.8 Å². The van der Waals surface area contributed by atoms with Gasteiger partial charge in [0.2, 0.25) is 70.9 Å². The van der Waals surface area contributed by atoms with Gasteiger partial charge in [0.1, 0.15) is 90.8 Å². The van der Waals surface area contributed by atoms with Crippen LogP contribution in [0.2, 0.25) is 0 Å². The first-order chi connectivity index (χ1) is 56.7. The summed E-state index contributed by atoms with van der Waals surface area (Å²) in [6, 6.07) is 10.9. The van der Waals surface area contributed by atoms with Crippen molar-refractivity contribution in [3.63, 3.8) is 0 Å². The molecule has 0 aromatic heterocycles. The third kappa shape index (κ3) is 30.9. The number of hydrogen-bond donors (Lipinski definition) is 16. The predicted octanol–water partition coefficient (Wildman–Crippen LogP) is 1.81. The smallest absolute Gasteiger partial charge is 0.252 e. The van der Waals surface area contributed by atoms with Gasteiger partial charge in [-0.2, -0.15) is 0 Å². The van der Waals surface area contributed by atoms with Crippen LogP contribution in [-0.4, -0.2) is 212 Å². The molecule has 33 nitrogen and oxygen atoms in total. The molecule has 2 bridgehead atoms. The first-order valence-electron chi connectivity index (χ1n) is 42.4. The van der Waals surface area contributed by atoms with Crippen molar-refractivity contribution in [1.82, 2.24) is 68.7 Å². The van der Waals surface area contributed by atoms with E-state index in [-0.39, 0.29) is 147 Å². The number of benzene rings is 3. The predicted molar refractivity (Wildman–Crippen MR) is 449 cm³/mol. The normalized spacial score (nSPS) is 26.7. The third-order valence-electron chi connectivity index (χ3n) is 21.2. The zero-order valence-corrected chi connectivity index (χ0v) is 71.5. The SMILES string of the molecule is CC(C)C[C@@H]1NC(=O)[C@H](CCCN)NC(=O)[C@H](C(C)C)NC(=O)[C@H]2CCCN2C(=O)[C@@H](c2ccccc2)NC(=O)[C@H](CC(C)C)NC(=O)[C@H](CCCN)NC(=O)[C@H](C(C)C)NC(=O)[C@H](CCCN)NC(=O)[C@H](CC(C)C)NC(=O)[C@@H]2O[C@H](CNC(=O)[C@H](C(C)C)NC(=O)[C@H](CCCN)NC1=O)[C@@H](OCc1ccccc1)[C@@H]2OCc1ccccc1. The van der Waals surface area contributed by atoms with Gasteiger partial charge in [-0.05, 0) is 162 Å². The van der Waals surface area contributed by atoms with Gasteiger partial charge in [0.05, 0.1) is 13.2 Å². The molecule has 0 radical (unpaired) electrons. The molecule has 3 aromatic rings. The molecule has 0 saturated carbocycles. The Labute approximate surface area is 701 Å². The van der Waals surface area contributed by atoms with Crippen LogP contribution in [0.1, 0.15) is 189 Å². The van der Waals surface area contributed by atoms with Crippen molar-refractivity contribution in [2.24, 2.45) is 58.4 Å². The van der Waals surface area contributed by atoms with Crippen LogP contribution in [0.15, 0.2) is 91.0 Å². The van der Waals surface area contributed by atoms with Crippen LogP contribution in [0.3, 0.4) is 0 Å². The standard InChI is InChI=1S/C86H135N17O16/c1-49(2)43-62-78(108)92-60(35-24-40-89)76(106)99-67(52(7)8)82(112)91-46-66-71(117-47-55-27-16-13-17-28-55)72(118-48-56-29-18-14-19-30-56)73(119-66)85(115)98-63(44-50(3)4)79(109)93-61(36-25-41-90)77(107)100-68(53(9)10)83(113)94-59(34-23-39-88)75(105)97-64(45-51(5)6)80(110)102-70(57-31-20-15-21-32-57)86(116)103-42-26-37-65(103)81(111)101-69(54(11)12)84(114)95-58(33-22-38-87)74(104)96-62/h13-21,27-32,49-54,58-73H,22-26,33-48,87-90H2,1-12H3,(H,91,112)(H,92,108)(H,93,109)(H,94,113)(H,95,114)(H,96,104)(H,97,105)(H,98,115)(H,99,106)(H,100,107)(H,101,111)(H,102,110)/t58-,59-,60-,61-,62-,63-,64-,65+,66+,67-,68-,69-,70+,71+,72-,73+/m0/s1. The highest BCUT2D eigenvalue weighted by molar-refractivity contribution is 6.00. The number of carbonyl (C=O) groups excluding carboxylic acids is 13. The number of nitrogens with one attached hydrogen (secondary N) is 12. The molecule has 3 aliphatic heterocycles. The molecule has 16 atom stereocenters. The minimum Gasteiger partial charge on any atom is -0.368 e. The van der Waals surface area contributed by atoms with Crippen LogP contribution < -0.4 is 86.7 Å². The lowest BCUT2D eigenvalue weighted by Gasteiger charge is -2.32. The quantitative estimate of drug-likeness (QED) is 0.0493. The maximum atomic E-state index is 15.3. The van der Waals surface area contributed by atoms with Crippen LogP contribution in [0.25, 0.3) is 0 Å².